The minimum atomic E-state index is -0.0988. The maximum Gasteiger partial charge on any atom is 0.322 e. The Morgan fingerprint density at radius 1 is 1.21 bits per heavy atom. The number of para-hydroxylation sites is 2. The van der Waals surface area contributed by atoms with Crippen LogP contribution in [-0.2, 0) is 4.74 Å². The van der Waals surface area contributed by atoms with Crippen molar-refractivity contribution < 1.29 is 14.3 Å². The molecule has 2 aromatic carbocycles. The van der Waals surface area contributed by atoms with Crippen LogP contribution >= 0.6 is 0 Å². The third-order valence-electron chi connectivity index (χ3n) is 5.20. The molecule has 1 fully saturated rings. The molecule has 1 unspecified atom stereocenters. The van der Waals surface area contributed by atoms with E-state index in [1.165, 1.54) is 16.7 Å². The van der Waals surface area contributed by atoms with Gasteiger partial charge in [0.1, 0.15) is 11.9 Å². The molecule has 5 nitrogen and oxygen atoms in total. The topological polar surface area (TPSA) is 50.8 Å². The molecule has 5 heteroatoms. The number of nitrogens with zero attached hydrogens (tertiary/aromatic N) is 1. The van der Waals surface area contributed by atoms with Crippen molar-refractivity contribution in [3.8, 4) is 5.75 Å². The van der Waals surface area contributed by atoms with Gasteiger partial charge in [0.15, 0.2) is 0 Å². The zero-order chi connectivity index (χ0) is 19.3. The van der Waals surface area contributed by atoms with Crippen LogP contribution in [0.25, 0.3) is 5.57 Å². The fourth-order valence-corrected chi connectivity index (χ4v) is 3.61. The Balaban J connectivity index is 1.40. The van der Waals surface area contributed by atoms with Crippen LogP contribution in [0.5, 0.6) is 5.75 Å². The Kier molecular flexibility index (Phi) is 5.63. The van der Waals surface area contributed by atoms with Gasteiger partial charge >= 0.3 is 6.03 Å². The first-order valence-electron chi connectivity index (χ1n) is 9.84. The largest absolute Gasteiger partial charge is 0.486 e. The van der Waals surface area contributed by atoms with Gasteiger partial charge in [-0.1, -0.05) is 48.0 Å². The summed E-state index contributed by atoms with van der Waals surface area (Å²) in [7, 11) is 0. The van der Waals surface area contributed by atoms with Gasteiger partial charge in [0.05, 0.1) is 18.9 Å². The van der Waals surface area contributed by atoms with Crippen molar-refractivity contribution in [1.29, 1.82) is 0 Å². The molecule has 2 amide bonds. The van der Waals surface area contributed by atoms with Crippen LogP contribution in [0.1, 0.15) is 24.0 Å². The zero-order valence-corrected chi connectivity index (χ0v) is 16.2. The molecule has 0 bridgehead atoms. The molecular formula is C23H26N2O3. The summed E-state index contributed by atoms with van der Waals surface area (Å²) in [6.45, 7) is 4.73. The van der Waals surface area contributed by atoms with Crippen LogP contribution in [0.2, 0.25) is 0 Å². The van der Waals surface area contributed by atoms with Crippen molar-refractivity contribution >= 4 is 17.3 Å². The van der Waals surface area contributed by atoms with E-state index in [9.17, 15) is 4.79 Å². The Labute approximate surface area is 165 Å². The number of aryl methyl sites for hydroxylation is 1. The smallest absolute Gasteiger partial charge is 0.322 e. The van der Waals surface area contributed by atoms with Gasteiger partial charge in [0, 0.05) is 19.5 Å². The highest BCUT2D eigenvalue weighted by atomic mass is 16.5. The van der Waals surface area contributed by atoms with E-state index < -0.39 is 0 Å². The first-order valence-corrected chi connectivity index (χ1v) is 9.84. The first kappa shape index (κ1) is 18.6. The molecule has 146 valence electrons. The van der Waals surface area contributed by atoms with Crippen molar-refractivity contribution in [1.82, 2.24) is 4.90 Å². The average molecular weight is 378 g/mol. The van der Waals surface area contributed by atoms with Gasteiger partial charge in [-0.25, -0.2) is 4.79 Å². The van der Waals surface area contributed by atoms with Crippen molar-refractivity contribution in [2.75, 3.05) is 31.6 Å². The second-order valence-electron chi connectivity index (χ2n) is 7.32. The molecule has 0 aliphatic carbocycles. The summed E-state index contributed by atoms with van der Waals surface area (Å²) in [6.07, 6.45) is 3.93. The number of hydrogen-bond acceptors (Lipinski definition) is 3. The van der Waals surface area contributed by atoms with Crippen LogP contribution in [0.4, 0.5) is 10.5 Å². The predicted molar refractivity (Wildman–Crippen MR) is 111 cm³/mol. The number of urea groups is 1. The molecule has 4 rings (SSSR count). The van der Waals surface area contributed by atoms with E-state index >= 15 is 0 Å². The maximum absolute atomic E-state index is 12.8. The molecule has 2 aliphatic heterocycles. The van der Waals surface area contributed by atoms with E-state index in [2.05, 4.69) is 42.6 Å². The molecule has 2 aromatic rings. The second kappa shape index (κ2) is 8.48. The van der Waals surface area contributed by atoms with Gasteiger partial charge in [-0.2, -0.15) is 0 Å². The van der Waals surface area contributed by atoms with Crippen LogP contribution in [0, 0.1) is 6.92 Å². The van der Waals surface area contributed by atoms with Crippen molar-refractivity contribution in [2.45, 2.75) is 25.9 Å². The molecule has 1 saturated heterocycles. The van der Waals surface area contributed by atoms with Crippen LogP contribution < -0.4 is 10.1 Å². The fourth-order valence-electron chi connectivity index (χ4n) is 3.61. The third-order valence-corrected chi connectivity index (χ3v) is 5.20. The third kappa shape index (κ3) is 4.37. The molecule has 1 N–H and O–H groups in total. The van der Waals surface area contributed by atoms with Crippen molar-refractivity contribution in [2.24, 2.45) is 0 Å². The first-order chi connectivity index (χ1) is 13.7. The molecule has 2 aliphatic rings. The zero-order valence-electron chi connectivity index (χ0n) is 16.2. The minimum Gasteiger partial charge on any atom is -0.486 e. The summed E-state index contributed by atoms with van der Waals surface area (Å²) >= 11 is 0. The Hall–Kier alpha value is -2.79. The predicted octanol–water partition coefficient (Wildman–Crippen LogP) is 4.48. The van der Waals surface area contributed by atoms with Crippen LogP contribution in [0.3, 0.4) is 0 Å². The monoisotopic (exact) mass is 378 g/mol. The van der Waals surface area contributed by atoms with Crippen molar-refractivity contribution in [3.63, 3.8) is 0 Å². The van der Waals surface area contributed by atoms with Crippen LogP contribution in [0.15, 0.2) is 54.6 Å². The highest BCUT2D eigenvalue weighted by molar-refractivity contribution is 5.91. The summed E-state index contributed by atoms with van der Waals surface area (Å²) < 4.78 is 11.4. The number of anilines is 1. The van der Waals surface area contributed by atoms with E-state index in [-0.39, 0.29) is 12.1 Å². The van der Waals surface area contributed by atoms with Gasteiger partial charge in [-0.3, -0.25) is 0 Å². The molecule has 0 saturated carbocycles. The summed E-state index contributed by atoms with van der Waals surface area (Å²) in [5.74, 6) is 0.694. The standard InChI is InChI=1S/C23H26N2O3/c1-17-5-4-6-19(15-17)18-9-12-25(13-10-18)23(26)24-21-7-2-3-8-22(21)28-20-11-14-27-16-20/h2-9,15,20H,10-14,16H2,1H3,(H,24,26). The Morgan fingerprint density at radius 2 is 2.11 bits per heavy atom. The number of carbonyl (C=O) groups excluding carboxylic acids is 1. The summed E-state index contributed by atoms with van der Waals surface area (Å²) in [5.41, 5.74) is 4.51. The van der Waals surface area contributed by atoms with E-state index in [4.69, 9.17) is 9.47 Å². The summed E-state index contributed by atoms with van der Waals surface area (Å²) in [5, 5.41) is 3.01. The quantitative estimate of drug-likeness (QED) is 0.853. The molecular weight excluding hydrogens is 352 g/mol. The second-order valence-corrected chi connectivity index (χ2v) is 7.32. The maximum atomic E-state index is 12.8. The lowest BCUT2D eigenvalue weighted by atomic mass is 9.98. The normalized spacial score (nSPS) is 19.2. The van der Waals surface area contributed by atoms with E-state index in [0.29, 0.717) is 31.1 Å². The van der Waals surface area contributed by atoms with Gasteiger partial charge in [0.2, 0.25) is 0 Å². The van der Waals surface area contributed by atoms with Gasteiger partial charge in [-0.05, 0) is 36.6 Å². The molecule has 28 heavy (non-hydrogen) atoms. The molecule has 0 radical (unpaired) electrons. The van der Waals surface area contributed by atoms with E-state index in [1.54, 1.807) is 0 Å². The molecule has 1 atom stereocenters. The molecule has 2 heterocycles. The number of rotatable bonds is 4. The number of amides is 2. The Morgan fingerprint density at radius 3 is 2.86 bits per heavy atom. The lowest BCUT2D eigenvalue weighted by Gasteiger charge is -2.27. The van der Waals surface area contributed by atoms with E-state index in [1.807, 2.05) is 29.2 Å². The minimum absolute atomic E-state index is 0.0489. The van der Waals surface area contributed by atoms with Crippen LogP contribution in [-0.4, -0.2) is 43.3 Å². The fraction of sp³-hybridized carbons (Fsp3) is 0.348. The number of carbonyl (C=O) groups is 1. The SMILES string of the molecule is Cc1cccc(C2=CCN(C(=O)Nc3ccccc3OC3CCOC3)CC2)c1. The highest BCUT2D eigenvalue weighted by Crippen LogP contribution is 2.28. The Bertz CT molecular complexity index is 872. The summed E-state index contributed by atoms with van der Waals surface area (Å²) in [4.78, 5) is 14.6. The lowest BCUT2D eigenvalue weighted by molar-refractivity contribution is 0.142. The van der Waals surface area contributed by atoms with Gasteiger partial charge < -0.3 is 19.7 Å². The summed E-state index contributed by atoms with van der Waals surface area (Å²) in [6, 6.07) is 16.0. The van der Waals surface area contributed by atoms with E-state index in [0.717, 1.165) is 19.4 Å². The number of benzene rings is 2. The molecule has 0 aromatic heterocycles. The van der Waals surface area contributed by atoms with Gasteiger partial charge in [-0.15, -0.1) is 0 Å². The average Bonchev–Trinajstić information content (AvgIpc) is 3.23. The van der Waals surface area contributed by atoms with Gasteiger partial charge in [0.25, 0.3) is 0 Å². The number of nitrogens with one attached hydrogen (secondary N) is 1. The number of ether oxygens (including phenoxy) is 2. The van der Waals surface area contributed by atoms with Crippen molar-refractivity contribution in [3.05, 3.63) is 65.7 Å². The lowest BCUT2D eigenvalue weighted by Crippen LogP contribution is -2.38. The highest BCUT2D eigenvalue weighted by Gasteiger charge is 2.21. The molecule has 0 spiro atoms. The number of hydrogen-bond donors (Lipinski definition) is 1.